The molecule has 0 aliphatic heterocycles. The molecular formula is C10H9ClN2O2. The molecular weight excluding hydrogens is 216 g/mol. The highest BCUT2D eigenvalue weighted by molar-refractivity contribution is 6.30. The molecule has 0 N–H and O–H groups in total. The SMILES string of the molecule is COC(=O)c1cn(C)c2cnc(Cl)cc12. The van der Waals surface area contributed by atoms with Crippen LogP contribution in [0.4, 0.5) is 0 Å². The molecule has 15 heavy (non-hydrogen) atoms. The average molecular weight is 225 g/mol. The number of nitrogens with zero attached hydrogens (tertiary/aromatic N) is 2. The number of esters is 1. The quantitative estimate of drug-likeness (QED) is 0.550. The van der Waals surface area contributed by atoms with E-state index in [1.165, 1.54) is 7.11 Å². The Hall–Kier alpha value is -1.55. The van der Waals surface area contributed by atoms with Gasteiger partial charge in [0.15, 0.2) is 0 Å². The number of carbonyl (C=O) groups excluding carboxylic acids is 1. The van der Waals surface area contributed by atoms with Crippen molar-refractivity contribution in [3.8, 4) is 0 Å². The number of pyridine rings is 1. The predicted molar refractivity (Wildman–Crippen MR) is 57.1 cm³/mol. The van der Waals surface area contributed by atoms with Crippen LogP contribution in [0.25, 0.3) is 10.9 Å². The molecule has 0 amide bonds. The van der Waals surface area contributed by atoms with Gasteiger partial charge in [-0.05, 0) is 6.07 Å². The zero-order valence-corrected chi connectivity index (χ0v) is 9.08. The first-order valence-electron chi connectivity index (χ1n) is 4.32. The van der Waals surface area contributed by atoms with E-state index in [1.807, 2.05) is 11.6 Å². The summed E-state index contributed by atoms with van der Waals surface area (Å²) in [7, 11) is 3.19. The maximum atomic E-state index is 11.5. The Morgan fingerprint density at radius 2 is 2.33 bits per heavy atom. The number of halogens is 1. The normalized spacial score (nSPS) is 10.6. The lowest BCUT2D eigenvalue weighted by Crippen LogP contribution is -1.99. The Bertz CT molecular complexity index is 533. The minimum Gasteiger partial charge on any atom is -0.465 e. The van der Waals surface area contributed by atoms with Gasteiger partial charge in [-0.2, -0.15) is 0 Å². The van der Waals surface area contributed by atoms with Gasteiger partial charge in [-0.3, -0.25) is 0 Å². The van der Waals surface area contributed by atoms with Crippen LogP contribution in [-0.4, -0.2) is 22.6 Å². The van der Waals surface area contributed by atoms with E-state index in [1.54, 1.807) is 18.5 Å². The number of carbonyl (C=O) groups is 1. The maximum absolute atomic E-state index is 11.5. The van der Waals surface area contributed by atoms with Gasteiger partial charge in [-0.15, -0.1) is 0 Å². The van der Waals surface area contributed by atoms with Crippen molar-refractivity contribution in [2.75, 3.05) is 7.11 Å². The highest BCUT2D eigenvalue weighted by Crippen LogP contribution is 2.22. The van der Waals surface area contributed by atoms with E-state index in [2.05, 4.69) is 9.72 Å². The van der Waals surface area contributed by atoms with Gasteiger partial charge >= 0.3 is 5.97 Å². The van der Waals surface area contributed by atoms with E-state index in [0.29, 0.717) is 10.7 Å². The molecule has 0 bridgehead atoms. The fourth-order valence-corrected chi connectivity index (χ4v) is 1.68. The molecule has 0 spiro atoms. The van der Waals surface area contributed by atoms with Gasteiger partial charge in [0.05, 0.1) is 24.4 Å². The van der Waals surface area contributed by atoms with Crippen LogP contribution in [0.1, 0.15) is 10.4 Å². The van der Waals surface area contributed by atoms with Crippen LogP contribution < -0.4 is 0 Å². The molecule has 2 heterocycles. The largest absolute Gasteiger partial charge is 0.465 e. The molecule has 4 nitrogen and oxygen atoms in total. The monoisotopic (exact) mass is 224 g/mol. The molecule has 2 aromatic rings. The van der Waals surface area contributed by atoms with Crippen molar-refractivity contribution in [3.63, 3.8) is 0 Å². The molecule has 5 heteroatoms. The minimum absolute atomic E-state index is 0.360. The number of hydrogen-bond acceptors (Lipinski definition) is 3. The van der Waals surface area contributed by atoms with E-state index >= 15 is 0 Å². The number of hydrogen-bond donors (Lipinski definition) is 0. The van der Waals surface area contributed by atoms with Crippen molar-refractivity contribution in [1.82, 2.24) is 9.55 Å². The average Bonchev–Trinajstić information content (AvgIpc) is 2.54. The standard InChI is InChI=1S/C10H9ClN2O2/c1-13-5-7(10(14)15-2)6-3-9(11)12-4-8(6)13/h3-5H,1-2H3. The molecule has 2 rings (SSSR count). The molecule has 0 radical (unpaired) electrons. The first-order valence-corrected chi connectivity index (χ1v) is 4.70. The maximum Gasteiger partial charge on any atom is 0.340 e. The smallest absolute Gasteiger partial charge is 0.340 e. The van der Waals surface area contributed by atoms with Gasteiger partial charge in [0.2, 0.25) is 0 Å². The Kier molecular flexibility index (Phi) is 2.36. The van der Waals surface area contributed by atoms with Crippen molar-refractivity contribution in [3.05, 3.63) is 29.2 Å². The van der Waals surface area contributed by atoms with Crippen LogP contribution >= 0.6 is 11.6 Å². The van der Waals surface area contributed by atoms with Crippen LogP contribution in [0.5, 0.6) is 0 Å². The van der Waals surface area contributed by atoms with Crippen molar-refractivity contribution in [2.24, 2.45) is 7.05 Å². The first kappa shape index (κ1) is 9.98. The molecule has 0 aromatic carbocycles. The summed E-state index contributed by atoms with van der Waals surface area (Å²) in [4.78, 5) is 15.4. The Balaban J connectivity index is 2.75. The lowest BCUT2D eigenvalue weighted by atomic mass is 10.2. The molecule has 0 aliphatic rings. The second kappa shape index (κ2) is 3.55. The van der Waals surface area contributed by atoms with Gasteiger partial charge in [0.25, 0.3) is 0 Å². The molecule has 0 atom stereocenters. The number of methoxy groups -OCH3 is 1. The van der Waals surface area contributed by atoms with Gasteiger partial charge < -0.3 is 9.30 Å². The molecule has 0 fully saturated rings. The van der Waals surface area contributed by atoms with Crippen molar-refractivity contribution >= 4 is 28.5 Å². The number of fused-ring (bicyclic) bond motifs is 1. The zero-order valence-electron chi connectivity index (χ0n) is 8.32. The highest BCUT2D eigenvalue weighted by Gasteiger charge is 2.14. The Labute approximate surface area is 91.4 Å². The second-order valence-electron chi connectivity index (χ2n) is 3.17. The summed E-state index contributed by atoms with van der Waals surface area (Å²) in [6, 6.07) is 1.66. The zero-order chi connectivity index (χ0) is 11.0. The van der Waals surface area contributed by atoms with Crippen LogP contribution in [-0.2, 0) is 11.8 Å². The van der Waals surface area contributed by atoms with Crippen LogP contribution in [0, 0.1) is 0 Å². The fraction of sp³-hybridized carbons (Fsp3) is 0.200. The summed E-state index contributed by atoms with van der Waals surface area (Å²) in [6.45, 7) is 0. The highest BCUT2D eigenvalue weighted by atomic mass is 35.5. The molecule has 0 aliphatic carbocycles. The number of aryl methyl sites for hydroxylation is 1. The van der Waals surface area contributed by atoms with Crippen LogP contribution in [0.2, 0.25) is 5.15 Å². The van der Waals surface area contributed by atoms with E-state index in [9.17, 15) is 4.79 Å². The van der Waals surface area contributed by atoms with Crippen molar-refractivity contribution < 1.29 is 9.53 Å². The van der Waals surface area contributed by atoms with Crippen molar-refractivity contribution in [2.45, 2.75) is 0 Å². The number of aromatic nitrogens is 2. The molecule has 0 saturated heterocycles. The molecule has 78 valence electrons. The summed E-state index contributed by atoms with van der Waals surface area (Å²) in [5.41, 5.74) is 1.35. The van der Waals surface area contributed by atoms with E-state index in [-0.39, 0.29) is 5.97 Å². The van der Waals surface area contributed by atoms with Gasteiger partial charge in [0, 0.05) is 18.6 Å². The summed E-state index contributed by atoms with van der Waals surface area (Å²) in [5.74, 6) is -0.372. The van der Waals surface area contributed by atoms with E-state index < -0.39 is 0 Å². The summed E-state index contributed by atoms with van der Waals surface area (Å²) >= 11 is 5.78. The number of ether oxygens (including phenoxy) is 1. The van der Waals surface area contributed by atoms with Crippen LogP contribution in [0.3, 0.4) is 0 Å². The summed E-state index contributed by atoms with van der Waals surface area (Å²) in [6.07, 6.45) is 3.33. The van der Waals surface area contributed by atoms with Gasteiger partial charge in [-0.1, -0.05) is 11.6 Å². The minimum atomic E-state index is -0.372. The van der Waals surface area contributed by atoms with Crippen molar-refractivity contribution in [1.29, 1.82) is 0 Å². The van der Waals surface area contributed by atoms with Crippen LogP contribution in [0.15, 0.2) is 18.5 Å². The third kappa shape index (κ3) is 1.57. The molecule has 0 unspecified atom stereocenters. The second-order valence-corrected chi connectivity index (χ2v) is 3.56. The molecule has 0 saturated carbocycles. The lowest BCUT2D eigenvalue weighted by molar-refractivity contribution is 0.0603. The van der Waals surface area contributed by atoms with Gasteiger partial charge in [-0.25, -0.2) is 9.78 Å². The molecule has 2 aromatic heterocycles. The lowest BCUT2D eigenvalue weighted by Gasteiger charge is -1.96. The van der Waals surface area contributed by atoms with Gasteiger partial charge in [0.1, 0.15) is 5.15 Å². The third-order valence-electron chi connectivity index (χ3n) is 2.25. The third-order valence-corrected chi connectivity index (χ3v) is 2.45. The van der Waals surface area contributed by atoms with E-state index in [4.69, 9.17) is 11.6 Å². The Morgan fingerprint density at radius 3 is 3.00 bits per heavy atom. The topological polar surface area (TPSA) is 44.1 Å². The first-order chi connectivity index (χ1) is 7.13. The fourth-order valence-electron chi connectivity index (χ4n) is 1.52. The predicted octanol–water partition coefficient (Wildman–Crippen LogP) is 2.01. The number of rotatable bonds is 1. The summed E-state index contributed by atoms with van der Waals surface area (Å²) in [5, 5.41) is 1.11. The summed E-state index contributed by atoms with van der Waals surface area (Å²) < 4.78 is 6.49. The van der Waals surface area contributed by atoms with E-state index in [0.717, 1.165) is 10.9 Å². The Morgan fingerprint density at radius 1 is 1.60 bits per heavy atom.